The van der Waals surface area contributed by atoms with Crippen LogP contribution in [0.1, 0.15) is 5.69 Å². The second-order valence-corrected chi connectivity index (χ2v) is 5.58. The van der Waals surface area contributed by atoms with Crippen molar-refractivity contribution in [3.8, 4) is 0 Å². The summed E-state index contributed by atoms with van der Waals surface area (Å²) in [4.78, 5) is 3.30. The minimum Gasteiger partial charge on any atom is -0.378 e. The summed E-state index contributed by atoms with van der Waals surface area (Å²) >= 11 is 18.5. The number of rotatable bonds is 3. The van der Waals surface area contributed by atoms with Crippen LogP contribution < -0.4 is 5.32 Å². The van der Waals surface area contributed by atoms with Gasteiger partial charge in [-0.15, -0.1) is 0 Å². The molecule has 0 aliphatic rings. The first-order valence-electron chi connectivity index (χ1n) is 6.10. The number of aromatic nitrogens is 1. The Morgan fingerprint density at radius 3 is 2.50 bits per heavy atom. The number of anilines is 1. The number of hydrogen-bond donors (Lipinski definition) is 2. The van der Waals surface area contributed by atoms with Gasteiger partial charge in [-0.05, 0) is 18.2 Å². The lowest BCUT2D eigenvalue weighted by molar-refractivity contribution is 1.09. The van der Waals surface area contributed by atoms with E-state index >= 15 is 0 Å². The molecule has 5 heteroatoms. The minimum atomic E-state index is 0.515. The Labute approximate surface area is 131 Å². The molecule has 0 atom stereocenters. The molecule has 0 saturated carbocycles. The van der Waals surface area contributed by atoms with Crippen LogP contribution in [0, 0.1) is 0 Å². The van der Waals surface area contributed by atoms with Crippen molar-refractivity contribution in [3.63, 3.8) is 0 Å². The van der Waals surface area contributed by atoms with Crippen LogP contribution in [-0.2, 0) is 6.54 Å². The van der Waals surface area contributed by atoms with E-state index in [4.69, 9.17) is 34.8 Å². The molecule has 0 spiro atoms. The maximum atomic E-state index is 6.36. The molecule has 3 rings (SSSR count). The van der Waals surface area contributed by atoms with E-state index in [0.717, 1.165) is 27.3 Å². The van der Waals surface area contributed by atoms with E-state index in [9.17, 15) is 0 Å². The van der Waals surface area contributed by atoms with Crippen LogP contribution in [0.25, 0.3) is 10.9 Å². The topological polar surface area (TPSA) is 27.8 Å². The molecule has 2 nitrogen and oxygen atoms in total. The van der Waals surface area contributed by atoms with Gasteiger partial charge in [0.05, 0.1) is 33.0 Å². The molecule has 20 heavy (non-hydrogen) atoms. The molecule has 0 fully saturated rings. The monoisotopic (exact) mass is 324 g/mol. The highest BCUT2D eigenvalue weighted by Crippen LogP contribution is 2.31. The first kappa shape index (κ1) is 13.6. The molecule has 0 aliphatic carbocycles. The largest absolute Gasteiger partial charge is 0.378 e. The average molecular weight is 326 g/mol. The molecule has 102 valence electrons. The predicted molar refractivity (Wildman–Crippen MR) is 87.1 cm³/mol. The summed E-state index contributed by atoms with van der Waals surface area (Å²) in [7, 11) is 0. The molecule has 0 amide bonds. The molecule has 1 aromatic heterocycles. The van der Waals surface area contributed by atoms with Gasteiger partial charge in [0.25, 0.3) is 0 Å². The SMILES string of the molecule is Clc1cccc(NCc2[nH]c3ccccc3c2Cl)c1Cl. The third-order valence-electron chi connectivity index (χ3n) is 3.12. The third-order valence-corrected chi connectivity index (χ3v) is 4.37. The van der Waals surface area contributed by atoms with E-state index in [1.54, 1.807) is 6.07 Å². The van der Waals surface area contributed by atoms with Crippen molar-refractivity contribution in [3.05, 3.63) is 63.2 Å². The third kappa shape index (κ3) is 2.47. The van der Waals surface area contributed by atoms with Gasteiger partial charge in [-0.25, -0.2) is 0 Å². The zero-order valence-electron chi connectivity index (χ0n) is 10.4. The van der Waals surface area contributed by atoms with Crippen LogP contribution >= 0.6 is 34.8 Å². The quantitative estimate of drug-likeness (QED) is 0.631. The van der Waals surface area contributed by atoms with E-state index in [1.807, 2.05) is 36.4 Å². The van der Waals surface area contributed by atoms with Gasteiger partial charge in [-0.1, -0.05) is 59.1 Å². The lowest BCUT2D eigenvalue weighted by Gasteiger charge is -2.08. The van der Waals surface area contributed by atoms with Crippen molar-refractivity contribution in [2.45, 2.75) is 6.54 Å². The Morgan fingerprint density at radius 2 is 1.70 bits per heavy atom. The fraction of sp³-hybridized carbons (Fsp3) is 0.0667. The van der Waals surface area contributed by atoms with E-state index < -0.39 is 0 Å². The highest BCUT2D eigenvalue weighted by Gasteiger charge is 2.10. The second-order valence-electron chi connectivity index (χ2n) is 4.42. The number of fused-ring (bicyclic) bond motifs is 1. The van der Waals surface area contributed by atoms with Crippen LogP contribution in [0.15, 0.2) is 42.5 Å². The molecule has 0 aliphatic heterocycles. The average Bonchev–Trinajstić information content (AvgIpc) is 2.78. The van der Waals surface area contributed by atoms with Crippen molar-refractivity contribution in [1.82, 2.24) is 4.98 Å². The molecule has 1 heterocycles. The summed E-state index contributed by atoms with van der Waals surface area (Å²) < 4.78 is 0. The molecule has 0 unspecified atom stereocenters. The number of nitrogens with one attached hydrogen (secondary N) is 2. The maximum Gasteiger partial charge on any atom is 0.0823 e. The molecular formula is C15H11Cl3N2. The van der Waals surface area contributed by atoms with Crippen LogP contribution in [0.5, 0.6) is 0 Å². The summed E-state index contributed by atoms with van der Waals surface area (Å²) in [6, 6.07) is 13.4. The number of benzene rings is 2. The fourth-order valence-corrected chi connectivity index (χ4v) is 2.76. The Kier molecular flexibility index (Phi) is 3.79. The Balaban J connectivity index is 1.87. The molecule has 2 aromatic carbocycles. The summed E-state index contributed by atoms with van der Waals surface area (Å²) in [6.07, 6.45) is 0. The van der Waals surface area contributed by atoms with Crippen LogP contribution in [-0.4, -0.2) is 4.98 Å². The highest BCUT2D eigenvalue weighted by molar-refractivity contribution is 6.43. The van der Waals surface area contributed by atoms with Gasteiger partial charge in [-0.3, -0.25) is 0 Å². The van der Waals surface area contributed by atoms with Gasteiger partial charge in [0.1, 0.15) is 0 Å². The smallest absolute Gasteiger partial charge is 0.0823 e. The second kappa shape index (κ2) is 5.57. The van der Waals surface area contributed by atoms with E-state index in [2.05, 4.69) is 10.3 Å². The predicted octanol–water partition coefficient (Wildman–Crippen LogP) is 5.74. The van der Waals surface area contributed by atoms with E-state index in [0.29, 0.717) is 16.6 Å². The van der Waals surface area contributed by atoms with Gasteiger partial charge < -0.3 is 10.3 Å². The number of hydrogen-bond acceptors (Lipinski definition) is 1. The number of halogens is 3. The van der Waals surface area contributed by atoms with Gasteiger partial charge in [0, 0.05) is 10.9 Å². The lowest BCUT2D eigenvalue weighted by atomic mass is 10.2. The van der Waals surface area contributed by atoms with Crippen molar-refractivity contribution in [1.29, 1.82) is 0 Å². The first-order chi connectivity index (χ1) is 9.66. The minimum absolute atomic E-state index is 0.515. The van der Waals surface area contributed by atoms with Gasteiger partial charge in [-0.2, -0.15) is 0 Å². The summed E-state index contributed by atoms with van der Waals surface area (Å²) in [5, 5.41) is 6.03. The van der Waals surface area contributed by atoms with E-state index in [-0.39, 0.29) is 0 Å². The van der Waals surface area contributed by atoms with E-state index in [1.165, 1.54) is 0 Å². The Hall–Kier alpha value is -1.35. The van der Waals surface area contributed by atoms with Gasteiger partial charge in [0.15, 0.2) is 0 Å². The molecule has 0 radical (unpaired) electrons. The van der Waals surface area contributed by atoms with Crippen LogP contribution in [0.4, 0.5) is 5.69 Å². The molecule has 0 saturated heterocycles. The standard InChI is InChI=1S/C15H11Cl3N2/c16-10-5-3-7-12(15(10)18)19-8-13-14(17)9-4-1-2-6-11(9)20-13/h1-7,19-20H,8H2. The van der Waals surface area contributed by atoms with Crippen molar-refractivity contribution >= 4 is 51.4 Å². The van der Waals surface area contributed by atoms with Crippen molar-refractivity contribution in [2.75, 3.05) is 5.32 Å². The maximum absolute atomic E-state index is 6.36. The van der Waals surface area contributed by atoms with Gasteiger partial charge >= 0.3 is 0 Å². The summed E-state index contributed by atoms with van der Waals surface area (Å²) in [6.45, 7) is 0.549. The molecular weight excluding hydrogens is 315 g/mol. The zero-order chi connectivity index (χ0) is 14.1. The first-order valence-corrected chi connectivity index (χ1v) is 7.23. The number of para-hydroxylation sites is 1. The van der Waals surface area contributed by atoms with Crippen molar-refractivity contribution in [2.24, 2.45) is 0 Å². The highest BCUT2D eigenvalue weighted by atomic mass is 35.5. The summed E-state index contributed by atoms with van der Waals surface area (Å²) in [5.41, 5.74) is 2.73. The molecule has 0 bridgehead atoms. The van der Waals surface area contributed by atoms with Crippen LogP contribution in [0.3, 0.4) is 0 Å². The number of H-pyrrole nitrogens is 1. The lowest BCUT2D eigenvalue weighted by Crippen LogP contribution is -2.00. The van der Waals surface area contributed by atoms with Crippen LogP contribution in [0.2, 0.25) is 15.1 Å². The molecule has 3 aromatic rings. The van der Waals surface area contributed by atoms with Gasteiger partial charge in [0.2, 0.25) is 0 Å². The summed E-state index contributed by atoms with van der Waals surface area (Å²) in [5.74, 6) is 0. The Morgan fingerprint density at radius 1 is 0.900 bits per heavy atom. The van der Waals surface area contributed by atoms with Crippen molar-refractivity contribution < 1.29 is 0 Å². The zero-order valence-corrected chi connectivity index (χ0v) is 12.7. The molecule has 2 N–H and O–H groups in total. The Bertz CT molecular complexity index is 765. The fourth-order valence-electron chi connectivity index (χ4n) is 2.11. The number of aromatic amines is 1. The normalized spacial score (nSPS) is 10.9.